The van der Waals surface area contributed by atoms with Crippen LogP contribution in [0.15, 0.2) is 0 Å². The van der Waals surface area contributed by atoms with Gasteiger partial charge in [0.25, 0.3) is 0 Å². The fourth-order valence-corrected chi connectivity index (χ4v) is 1.16. The number of amides is 5. The minimum absolute atomic E-state index is 0. The summed E-state index contributed by atoms with van der Waals surface area (Å²) in [6, 6.07) is 0. The van der Waals surface area contributed by atoms with E-state index in [0.29, 0.717) is 24.4 Å². The summed E-state index contributed by atoms with van der Waals surface area (Å²) in [4.78, 5) is 58.3. The number of unbranched alkanes of at least 4 members (excludes halogenated alkanes) is 2. The summed E-state index contributed by atoms with van der Waals surface area (Å²) in [6.07, 6.45) is 2.68. The minimum Gasteiger partial charge on any atom is -0.481 e. The number of hydrogen-bond acceptors (Lipinski definition) is 10. The van der Waals surface area contributed by atoms with Gasteiger partial charge in [-0.25, -0.2) is 21.5 Å². The normalized spacial score (nSPS) is 7.77. The molecule has 0 rings (SSSR count). The van der Waals surface area contributed by atoms with Crippen molar-refractivity contribution in [1.82, 2.24) is 26.8 Å². The van der Waals surface area contributed by atoms with Crippen molar-refractivity contribution in [1.29, 1.82) is 0 Å². The summed E-state index contributed by atoms with van der Waals surface area (Å²) >= 11 is 0. The van der Waals surface area contributed by atoms with Crippen molar-refractivity contribution in [3.8, 4) is 0 Å². The molecule has 180 valence electrons. The van der Waals surface area contributed by atoms with Crippen molar-refractivity contribution in [3.63, 3.8) is 0 Å². The van der Waals surface area contributed by atoms with Crippen LogP contribution in [0, 0.1) is 0 Å². The number of carbonyl (C=O) groups is 6. The van der Waals surface area contributed by atoms with Gasteiger partial charge in [-0.05, 0) is 19.3 Å². The first kappa shape index (κ1) is 39.1. The van der Waals surface area contributed by atoms with E-state index in [-0.39, 0.29) is 64.3 Å². The average molecular weight is 535 g/mol. The third kappa shape index (κ3) is 58.4. The molecule has 0 fully saturated rings. The van der Waals surface area contributed by atoms with Gasteiger partial charge >= 0.3 is 5.97 Å². The Hall–Kier alpha value is -2.46. The first-order valence-electron chi connectivity index (χ1n) is 8.13. The summed E-state index contributed by atoms with van der Waals surface area (Å²) in [7, 11) is 0. The van der Waals surface area contributed by atoms with Crippen LogP contribution in [0.4, 0.5) is 0 Å². The Labute approximate surface area is 196 Å². The van der Waals surface area contributed by atoms with E-state index in [9.17, 15) is 19.2 Å². The molecule has 5 amide bonds. The number of carboxylic acid groups (broad SMARTS) is 1. The van der Waals surface area contributed by atoms with Crippen LogP contribution in [0.2, 0.25) is 0 Å². The van der Waals surface area contributed by atoms with E-state index >= 15 is 0 Å². The van der Waals surface area contributed by atoms with Crippen LogP contribution >= 0.6 is 0 Å². The zero-order chi connectivity index (χ0) is 24.2. The standard InChI is InChI=1S/C10H18N2O5.C2H5NO2.2CH3NO2.Zr/c13-8-12(17)7-3-1-2-6-11-9(14)4-5-10(15)16;1-2(4)3-5;2*3-1-2-4;/h8,17H,1-7H2,(H,11,14)(H,15,16);5H,1H3,(H,3,4);2*1,4H,(H,2,3);. The van der Waals surface area contributed by atoms with Crippen LogP contribution in [0.1, 0.15) is 39.0 Å². The zero-order valence-electron chi connectivity index (χ0n) is 16.8. The third-order valence-electron chi connectivity index (χ3n) is 2.34. The molecule has 0 heterocycles. The monoisotopic (exact) mass is 533 g/mol. The van der Waals surface area contributed by atoms with Gasteiger partial charge in [0.2, 0.25) is 31.0 Å². The van der Waals surface area contributed by atoms with Crippen molar-refractivity contribution in [3.05, 3.63) is 0 Å². The van der Waals surface area contributed by atoms with Gasteiger partial charge in [0, 0.05) is 52.6 Å². The van der Waals surface area contributed by atoms with Gasteiger partial charge in [-0.1, -0.05) is 0 Å². The first-order valence-corrected chi connectivity index (χ1v) is 8.13. The van der Waals surface area contributed by atoms with E-state index in [4.69, 9.17) is 35.5 Å². The number of aliphatic carboxylic acids is 1. The van der Waals surface area contributed by atoms with Crippen molar-refractivity contribution in [2.75, 3.05) is 13.1 Å². The van der Waals surface area contributed by atoms with Crippen molar-refractivity contribution >= 4 is 37.0 Å². The van der Waals surface area contributed by atoms with Crippen molar-refractivity contribution < 1.29 is 80.9 Å². The molecule has 17 heteroatoms. The van der Waals surface area contributed by atoms with E-state index in [1.165, 1.54) is 23.4 Å². The Kier molecular flexibility index (Phi) is 44.1. The third-order valence-corrected chi connectivity index (χ3v) is 2.34. The summed E-state index contributed by atoms with van der Waals surface area (Å²) in [5.41, 5.74) is 3.89. The zero-order valence-corrected chi connectivity index (χ0v) is 19.3. The molecular weight excluding hydrogens is 505 g/mol. The smallest absolute Gasteiger partial charge is 0.303 e. The Morgan fingerprint density at radius 1 is 0.903 bits per heavy atom. The molecule has 0 aromatic rings. The van der Waals surface area contributed by atoms with Crippen LogP contribution in [-0.4, -0.2) is 81.1 Å². The summed E-state index contributed by atoms with van der Waals surface area (Å²) in [6.45, 7) is 1.97. The molecule has 0 saturated carbocycles. The maximum Gasteiger partial charge on any atom is 0.303 e. The Morgan fingerprint density at radius 3 is 1.68 bits per heavy atom. The van der Waals surface area contributed by atoms with E-state index < -0.39 is 11.9 Å². The second kappa shape index (κ2) is 35.0. The molecule has 0 aromatic carbocycles. The average Bonchev–Trinajstić information content (AvgIpc) is 2.74. The van der Waals surface area contributed by atoms with Gasteiger partial charge in [0.15, 0.2) is 0 Å². The number of hydroxylamine groups is 5. The number of nitrogens with one attached hydrogen (secondary N) is 4. The van der Waals surface area contributed by atoms with E-state index in [1.807, 2.05) is 0 Å². The van der Waals surface area contributed by atoms with Gasteiger partial charge in [-0.15, -0.1) is 0 Å². The SMILES string of the molecule is CC(=O)NO.O=CN(O)CCCCCNC(=O)CCC(=O)O.O=CNO.O=CNO.[Zr]. The van der Waals surface area contributed by atoms with Crippen LogP contribution in [0.5, 0.6) is 0 Å². The maximum absolute atomic E-state index is 11.1. The van der Waals surface area contributed by atoms with E-state index in [1.54, 1.807) is 0 Å². The molecule has 0 radical (unpaired) electrons. The van der Waals surface area contributed by atoms with E-state index in [2.05, 4.69) is 5.32 Å². The predicted octanol–water partition coefficient (Wildman–Crippen LogP) is -2.26. The molecule has 0 aliphatic rings. The molecule has 31 heavy (non-hydrogen) atoms. The van der Waals surface area contributed by atoms with E-state index in [0.717, 1.165) is 12.8 Å². The summed E-state index contributed by atoms with van der Waals surface area (Å²) in [5, 5.41) is 42.3. The molecule has 16 nitrogen and oxygen atoms in total. The second-order valence-corrected chi connectivity index (χ2v) is 4.73. The van der Waals surface area contributed by atoms with Crippen molar-refractivity contribution in [2.24, 2.45) is 0 Å². The Balaban J connectivity index is -0.000000132. The number of carbonyl (C=O) groups excluding carboxylic acids is 5. The van der Waals surface area contributed by atoms with Crippen LogP contribution in [-0.2, 0) is 55.0 Å². The summed E-state index contributed by atoms with van der Waals surface area (Å²) in [5.74, 6) is -1.70. The summed E-state index contributed by atoms with van der Waals surface area (Å²) < 4.78 is 0. The molecule has 0 aromatic heterocycles. The molecule has 0 spiro atoms. The van der Waals surface area contributed by atoms with Gasteiger partial charge in [-0.3, -0.25) is 49.6 Å². The largest absolute Gasteiger partial charge is 0.481 e. The van der Waals surface area contributed by atoms with Crippen LogP contribution < -0.4 is 21.8 Å². The van der Waals surface area contributed by atoms with Gasteiger partial charge in [0.1, 0.15) is 0 Å². The quantitative estimate of drug-likeness (QED) is 0.0558. The van der Waals surface area contributed by atoms with Gasteiger partial charge < -0.3 is 10.4 Å². The van der Waals surface area contributed by atoms with Crippen LogP contribution in [0.3, 0.4) is 0 Å². The van der Waals surface area contributed by atoms with Gasteiger partial charge in [-0.2, -0.15) is 0 Å². The second-order valence-electron chi connectivity index (χ2n) is 4.73. The van der Waals surface area contributed by atoms with Crippen LogP contribution in [0.25, 0.3) is 0 Å². The minimum atomic E-state index is -0.989. The predicted molar refractivity (Wildman–Crippen MR) is 95.9 cm³/mol. The molecule has 0 bridgehead atoms. The topological polar surface area (TPSA) is 255 Å². The Morgan fingerprint density at radius 2 is 1.35 bits per heavy atom. The number of carboxylic acids is 1. The Bertz CT molecular complexity index is 464. The fourth-order valence-electron chi connectivity index (χ4n) is 1.16. The maximum atomic E-state index is 11.1. The van der Waals surface area contributed by atoms with Gasteiger partial charge in [0.05, 0.1) is 6.42 Å². The van der Waals surface area contributed by atoms with Crippen molar-refractivity contribution in [2.45, 2.75) is 39.0 Å². The fraction of sp³-hybridized carbons (Fsp3) is 0.571. The first-order chi connectivity index (χ1) is 14.2. The molecule has 0 aliphatic heterocycles. The molecule has 0 aliphatic carbocycles. The molecular formula is C14H29N5O11Zr. The number of rotatable bonds is 12. The molecule has 0 unspecified atom stereocenters. The number of hydrogen-bond donors (Lipinski definition) is 9. The molecule has 0 atom stereocenters. The molecule has 9 N–H and O–H groups in total. The number of nitrogens with zero attached hydrogens (tertiary/aromatic N) is 1. The molecule has 0 saturated heterocycles.